The van der Waals surface area contributed by atoms with Gasteiger partial charge in [-0.15, -0.1) is 0 Å². The van der Waals surface area contributed by atoms with Crippen LogP contribution < -0.4 is 10.2 Å². The number of benzene rings is 2. The van der Waals surface area contributed by atoms with Crippen molar-refractivity contribution in [3.63, 3.8) is 0 Å². The largest absolute Gasteiger partial charge is 0.417 e. The smallest absolute Gasteiger partial charge is 0.395 e. The zero-order valence-electron chi connectivity index (χ0n) is 16.1. The summed E-state index contributed by atoms with van der Waals surface area (Å²) in [5.41, 5.74) is -0.695. The van der Waals surface area contributed by atoms with E-state index in [0.717, 1.165) is 12.1 Å². The van der Waals surface area contributed by atoms with Gasteiger partial charge in [0.2, 0.25) is 0 Å². The van der Waals surface area contributed by atoms with Crippen molar-refractivity contribution in [1.82, 2.24) is 4.98 Å². The number of carbonyl (C=O) groups excluding carboxylic acids is 1. The molecule has 1 heterocycles. The lowest BCUT2D eigenvalue weighted by Gasteiger charge is -2.25. The summed E-state index contributed by atoms with van der Waals surface area (Å²) >= 11 is 18.2. The number of aromatic nitrogens is 1. The van der Waals surface area contributed by atoms with Gasteiger partial charge < -0.3 is 15.3 Å². The first kappa shape index (κ1) is 24.1. The van der Waals surface area contributed by atoms with Crippen molar-refractivity contribution in [3.8, 4) is 0 Å². The fourth-order valence-electron chi connectivity index (χ4n) is 2.90. The minimum atomic E-state index is -4.67. The van der Waals surface area contributed by atoms with Gasteiger partial charge in [0.25, 0.3) is 5.91 Å². The molecule has 11 heteroatoms. The summed E-state index contributed by atoms with van der Waals surface area (Å²) in [6, 6.07) is 10.6. The molecular formula is C21H15Cl3F3N3O2. The maximum Gasteiger partial charge on any atom is 0.417 e. The predicted octanol–water partition coefficient (Wildman–Crippen LogP) is 6.44. The maximum absolute atomic E-state index is 13.1. The van der Waals surface area contributed by atoms with E-state index in [0.29, 0.717) is 16.5 Å². The molecule has 0 fully saturated rings. The number of amides is 1. The van der Waals surface area contributed by atoms with E-state index >= 15 is 0 Å². The maximum atomic E-state index is 13.1. The van der Waals surface area contributed by atoms with Crippen molar-refractivity contribution in [1.29, 1.82) is 0 Å². The van der Waals surface area contributed by atoms with E-state index in [9.17, 15) is 23.1 Å². The number of rotatable bonds is 6. The van der Waals surface area contributed by atoms with Gasteiger partial charge in [-0.05, 0) is 48.5 Å². The number of halogens is 6. The van der Waals surface area contributed by atoms with E-state index in [-0.39, 0.29) is 29.4 Å². The van der Waals surface area contributed by atoms with Crippen molar-refractivity contribution in [2.45, 2.75) is 6.18 Å². The van der Waals surface area contributed by atoms with E-state index in [4.69, 9.17) is 34.8 Å². The molecule has 0 radical (unpaired) electrons. The van der Waals surface area contributed by atoms with E-state index < -0.39 is 22.7 Å². The van der Waals surface area contributed by atoms with Crippen LogP contribution in [0.15, 0.2) is 54.7 Å². The molecule has 0 bridgehead atoms. The molecule has 168 valence electrons. The minimum Gasteiger partial charge on any atom is -0.395 e. The third-order valence-corrected chi connectivity index (χ3v) is 5.29. The number of hydrogen-bond donors (Lipinski definition) is 2. The number of nitrogens with one attached hydrogen (secondary N) is 1. The van der Waals surface area contributed by atoms with E-state index in [1.807, 2.05) is 0 Å². The molecule has 0 saturated heterocycles. The van der Waals surface area contributed by atoms with Crippen LogP contribution in [-0.4, -0.2) is 29.1 Å². The molecule has 32 heavy (non-hydrogen) atoms. The average molecular weight is 505 g/mol. The molecule has 0 saturated carbocycles. The third kappa shape index (κ3) is 5.45. The predicted molar refractivity (Wildman–Crippen MR) is 119 cm³/mol. The summed E-state index contributed by atoms with van der Waals surface area (Å²) in [7, 11) is 0. The minimum absolute atomic E-state index is 0.0770. The SMILES string of the molecule is O=C(Nc1ccc(Cl)c(C(F)(F)F)c1)c1ccc(Cl)c(N(CCO)c2ncccc2Cl)c1. The zero-order valence-corrected chi connectivity index (χ0v) is 18.4. The number of nitrogens with zero attached hydrogens (tertiary/aromatic N) is 2. The van der Waals surface area contributed by atoms with E-state index in [1.165, 1.54) is 35.4 Å². The van der Waals surface area contributed by atoms with Crippen LogP contribution in [0.3, 0.4) is 0 Å². The van der Waals surface area contributed by atoms with Crippen molar-refractivity contribution >= 4 is 57.9 Å². The topological polar surface area (TPSA) is 65.5 Å². The molecule has 0 spiro atoms. The van der Waals surface area contributed by atoms with Crippen LogP contribution in [0.2, 0.25) is 15.1 Å². The van der Waals surface area contributed by atoms with Crippen LogP contribution in [0.5, 0.6) is 0 Å². The Bertz CT molecular complexity index is 1140. The van der Waals surface area contributed by atoms with Crippen molar-refractivity contribution in [2.75, 3.05) is 23.4 Å². The van der Waals surface area contributed by atoms with Crippen molar-refractivity contribution in [3.05, 3.63) is 80.9 Å². The number of aliphatic hydroxyl groups excluding tert-OH is 1. The van der Waals surface area contributed by atoms with Crippen LogP contribution in [0.4, 0.5) is 30.4 Å². The lowest BCUT2D eigenvalue weighted by atomic mass is 10.1. The first-order valence-corrected chi connectivity index (χ1v) is 10.2. The monoisotopic (exact) mass is 503 g/mol. The second kappa shape index (κ2) is 9.95. The summed E-state index contributed by atoms with van der Waals surface area (Å²) < 4.78 is 39.3. The number of pyridine rings is 1. The van der Waals surface area contributed by atoms with Gasteiger partial charge in [0.15, 0.2) is 5.82 Å². The highest BCUT2D eigenvalue weighted by atomic mass is 35.5. The summed E-state index contributed by atoms with van der Waals surface area (Å²) in [6.45, 7) is -0.182. The second-order valence-electron chi connectivity index (χ2n) is 6.50. The third-order valence-electron chi connectivity index (χ3n) is 4.35. The van der Waals surface area contributed by atoms with Crippen LogP contribution in [0.25, 0.3) is 0 Å². The van der Waals surface area contributed by atoms with Crippen LogP contribution >= 0.6 is 34.8 Å². The Morgan fingerprint density at radius 3 is 2.41 bits per heavy atom. The van der Waals surface area contributed by atoms with Gasteiger partial charge in [-0.25, -0.2) is 4.98 Å². The van der Waals surface area contributed by atoms with E-state index in [1.54, 1.807) is 12.1 Å². The van der Waals surface area contributed by atoms with Crippen molar-refractivity contribution in [2.24, 2.45) is 0 Å². The molecule has 0 aliphatic rings. The van der Waals surface area contributed by atoms with Gasteiger partial charge in [0, 0.05) is 24.0 Å². The quantitative estimate of drug-likeness (QED) is 0.405. The Balaban J connectivity index is 1.94. The zero-order chi connectivity index (χ0) is 23.5. The highest BCUT2D eigenvalue weighted by Gasteiger charge is 2.33. The van der Waals surface area contributed by atoms with Gasteiger partial charge in [-0.3, -0.25) is 4.79 Å². The first-order valence-electron chi connectivity index (χ1n) is 9.08. The number of hydrogen-bond acceptors (Lipinski definition) is 4. The highest BCUT2D eigenvalue weighted by Crippen LogP contribution is 2.37. The Morgan fingerprint density at radius 1 is 1.03 bits per heavy atom. The molecule has 0 aliphatic heterocycles. The summed E-state index contributed by atoms with van der Waals surface area (Å²) in [5.74, 6) is -0.357. The van der Waals surface area contributed by atoms with E-state index in [2.05, 4.69) is 10.3 Å². The van der Waals surface area contributed by atoms with Crippen LogP contribution in [0, 0.1) is 0 Å². The summed E-state index contributed by atoms with van der Waals surface area (Å²) in [4.78, 5) is 18.5. The van der Waals surface area contributed by atoms with Crippen molar-refractivity contribution < 1.29 is 23.1 Å². The van der Waals surface area contributed by atoms with Gasteiger partial charge in [0.05, 0.1) is 32.9 Å². The molecule has 0 unspecified atom stereocenters. The summed E-state index contributed by atoms with van der Waals surface area (Å²) in [6.07, 6.45) is -3.16. The Labute approximate surface area is 196 Å². The van der Waals surface area contributed by atoms with Gasteiger partial charge in [-0.2, -0.15) is 13.2 Å². The van der Waals surface area contributed by atoms with Crippen LogP contribution in [0.1, 0.15) is 15.9 Å². The molecule has 0 atom stereocenters. The molecule has 1 amide bonds. The van der Waals surface area contributed by atoms with Gasteiger partial charge in [0.1, 0.15) is 0 Å². The lowest BCUT2D eigenvalue weighted by Crippen LogP contribution is -2.23. The first-order chi connectivity index (χ1) is 15.1. The molecule has 3 rings (SSSR count). The fourth-order valence-corrected chi connectivity index (χ4v) is 3.57. The number of aliphatic hydroxyl groups is 1. The van der Waals surface area contributed by atoms with Crippen LogP contribution in [-0.2, 0) is 6.18 Å². The standard InChI is InChI=1S/C21H15Cl3F3N3O2/c22-15-6-4-13(11-14(15)21(25,26)27)29-20(32)12-3-5-16(23)18(10-12)30(8-9-31)19-17(24)2-1-7-28-19/h1-7,10-11,31H,8-9H2,(H,29,32). The molecule has 2 N–H and O–H groups in total. The number of alkyl halides is 3. The molecule has 0 aliphatic carbocycles. The molecule has 1 aromatic heterocycles. The highest BCUT2D eigenvalue weighted by molar-refractivity contribution is 6.35. The fraction of sp³-hybridized carbons (Fsp3) is 0.143. The molecular weight excluding hydrogens is 490 g/mol. The second-order valence-corrected chi connectivity index (χ2v) is 7.72. The number of carbonyl (C=O) groups is 1. The Hall–Kier alpha value is -2.52. The van der Waals surface area contributed by atoms with Gasteiger partial charge in [-0.1, -0.05) is 34.8 Å². The molecule has 2 aromatic carbocycles. The Morgan fingerprint density at radius 2 is 1.75 bits per heavy atom. The Kier molecular flexibility index (Phi) is 7.51. The molecule has 3 aromatic rings. The number of anilines is 3. The normalized spacial score (nSPS) is 11.3. The lowest BCUT2D eigenvalue weighted by molar-refractivity contribution is -0.137. The molecule has 5 nitrogen and oxygen atoms in total. The summed E-state index contributed by atoms with van der Waals surface area (Å²) in [5, 5.41) is 12.0. The van der Waals surface area contributed by atoms with Gasteiger partial charge >= 0.3 is 6.18 Å². The average Bonchev–Trinajstić information content (AvgIpc) is 2.74.